The Hall–Kier alpha value is -1.57. The van der Waals surface area contributed by atoms with Gasteiger partial charge in [0.15, 0.2) is 11.5 Å². The zero-order valence-electron chi connectivity index (χ0n) is 13.8. The van der Waals surface area contributed by atoms with Crippen LogP contribution in [0.5, 0.6) is 11.5 Å². The van der Waals surface area contributed by atoms with Gasteiger partial charge >= 0.3 is 0 Å². The van der Waals surface area contributed by atoms with Crippen LogP contribution in [0.1, 0.15) is 5.56 Å². The van der Waals surface area contributed by atoms with Crippen molar-refractivity contribution in [3.8, 4) is 11.5 Å². The average molecular weight is 414 g/mol. The fourth-order valence-electron chi connectivity index (χ4n) is 2.25. The number of ether oxygens (including phenoxy) is 2. The van der Waals surface area contributed by atoms with Gasteiger partial charge in [-0.3, -0.25) is 0 Å². The number of methoxy groups -OCH3 is 2. The number of halogens is 1. The molecule has 0 saturated carbocycles. The van der Waals surface area contributed by atoms with E-state index in [1.54, 1.807) is 45.5 Å². The minimum absolute atomic E-state index is 0.270. The molecule has 0 fully saturated rings. The second-order valence-corrected chi connectivity index (χ2v) is 8.18. The summed E-state index contributed by atoms with van der Waals surface area (Å²) in [5.74, 6) is 1.28. The Morgan fingerprint density at radius 2 is 1.75 bits per heavy atom. The minimum atomic E-state index is -3.51. The third-order valence-corrected chi connectivity index (χ3v) is 6.01. The zero-order valence-corrected chi connectivity index (χ0v) is 16.2. The summed E-state index contributed by atoms with van der Waals surface area (Å²) in [6, 6.07) is 12.3. The Labute approximate surface area is 151 Å². The Morgan fingerprint density at radius 1 is 1.04 bits per heavy atom. The topological polar surface area (TPSA) is 55.8 Å². The lowest BCUT2D eigenvalue weighted by Gasteiger charge is -2.18. The van der Waals surface area contributed by atoms with Crippen LogP contribution >= 0.6 is 15.9 Å². The summed E-state index contributed by atoms with van der Waals surface area (Å²) in [5.41, 5.74) is 0.976. The monoisotopic (exact) mass is 413 g/mol. The number of rotatable bonds is 7. The molecule has 0 aliphatic rings. The lowest BCUT2D eigenvalue weighted by atomic mass is 10.1. The summed E-state index contributed by atoms with van der Waals surface area (Å²) in [5, 5.41) is 0. The third-order valence-electron chi connectivity index (χ3n) is 3.67. The van der Waals surface area contributed by atoms with E-state index in [2.05, 4.69) is 15.9 Å². The summed E-state index contributed by atoms with van der Waals surface area (Å²) in [6.07, 6.45) is 0.573. The number of hydrogen-bond acceptors (Lipinski definition) is 4. The molecule has 0 amide bonds. The van der Waals surface area contributed by atoms with Gasteiger partial charge in [-0.15, -0.1) is 0 Å². The molecule has 0 atom stereocenters. The highest BCUT2D eigenvalue weighted by Crippen LogP contribution is 2.28. The SMILES string of the molecule is COc1ccc(CCN(C)S(=O)(=O)c2cccc(Br)c2)cc1OC. The van der Waals surface area contributed by atoms with Crippen LogP contribution in [0.2, 0.25) is 0 Å². The number of benzene rings is 2. The lowest BCUT2D eigenvalue weighted by Crippen LogP contribution is -2.29. The molecule has 0 unspecified atom stereocenters. The average Bonchev–Trinajstić information content (AvgIpc) is 2.59. The lowest BCUT2D eigenvalue weighted by molar-refractivity contribution is 0.354. The van der Waals surface area contributed by atoms with E-state index in [0.717, 1.165) is 10.0 Å². The van der Waals surface area contributed by atoms with Crippen LogP contribution in [0.4, 0.5) is 0 Å². The van der Waals surface area contributed by atoms with Crippen LogP contribution < -0.4 is 9.47 Å². The van der Waals surface area contributed by atoms with Crippen LogP contribution in [-0.2, 0) is 16.4 Å². The molecular weight excluding hydrogens is 394 g/mol. The van der Waals surface area contributed by atoms with Crippen molar-refractivity contribution in [2.75, 3.05) is 27.8 Å². The summed E-state index contributed by atoms with van der Waals surface area (Å²) >= 11 is 3.30. The van der Waals surface area contributed by atoms with Crippen LogP contribution in [0.25, 0.3) is 0 Å². The molecule has 0 bridgehead atoms. The van der Waals surface area contributed by atoms with Gasteiger partial charge in [0, 0.05) is 18.1 Å². The normalized spacial score (nSPS) is 11.5. The highest BCUT2D eigenvalue weighted by molar-refractivity contribution is 9.10. The van der Waals surface area contributed by atoms with Gasteiger partial charge in [-0.1, -0.05) is 28.1 Å². The Kier molecular flexibility index (Phi) is 6.26. The molecule has 0 aliphatic heterocycles. The minimum Gasteiger partial charge on any atom is -0.493 e. The number of hydrogen-bond donors (Lipinski definition) is 0. The summed E-state index contributed by atoms with van der Waals surface area (Å²) in [7, 11) is 1.22. The second-order valence-electron chi connectivity index (χ2n) is 5.22. The summed E-state index contributed by atoms with van der Waals surface area (Å²) in [6.45, 7) is 0.365. The molecule has 7 heteroatoms. The van der Waals surface area contributed by atoms with Crippen molar-refractivity contribution < 1.29 is 17.9 Å². The first-order valence-electron chi connectivity index (χ1n) is 7.31. The Balaban J connectivity index is 2.11. The van der Waals surface area contributed by atoms with E-state index in [0.29, 0.717) is 24.5 Å². The fourth-order valence-corrected chi connectivity index (χ4v) is 4.02. The molecule has 0 aromatic heterocycles. The molecule has 0 radical (unpaired) electrons. The van der Waals surface area contributed by atoms with E-state index in [4.69, 9.17) is 9.47 Å². The predicted octanol–water partition coefficient (Wildman–Crippen LogP) is 3.33. The summed E-state index contributed by atoms with van der Waals surface area (Å²) < 4.78 is 37.7. The molecule has 0 heterocycles. The molecule has 0 spiro atoms. The smallest absolute Gasteiger partial charge is 0.242 e. The first kappa shape index (κ1) is 18.8. The molecule has 24 heavy (non-hydrogen) atoms. The van der Waals surface area contributed by atoms with Crippen LogP contribution in [-0.4, -0.2) is 40.5 Å². The van der Waals surface area contributed by atoms with Crippen LogP contribution in [0.15, 0.2) is 51.8 Å². The van der Waals surface area contributed by atoms with Gasteiger partial charge in [-0.2, -0.15) is 0 Å². The van der Waals surface area contributed by atoms with Crippen molar-refractivity contribution in [3.05, 3.63) is 52.5 Å². The molecule has 2 aromatic carbocycles. The van der Waals surface area contributed by atoms with Gasteiger partial charge in [0.2, 0.25) is 10.0 Å². The standard InChI is InChI=1S/C17H20BrNO4S/c1-19(24(20,21)15-6-4-5-14(18)12-15)10-9-13-7-8-16(22-2)17(11-13)23-3/h4-8,11-12H,9-10H2,1-3H3. The van der Waals surface area contributed by atoms with Gasteiger partial charge in [-0.05, 0) is 42.3 Å². The first-order chi connectivity index (χ1) is 11.4. The zero-order chi connectivity index (χ0) is 17.7. The molecule has 130 valence electrons. The van der Waals surface area contributed by atoms with Gasteiger partial charge in [0.1, 0.15) is 0 Å². The number of likely N-dealkylation sites (N-methyl/N-ethyl adjacent to an activating group) is 1. The maximum absolute atomic E-state index is 12.6. The molecule has 2 aromatic rings. The summed E-state index contributed by atoms with van der Waals surface area (Å²) in [4.78, 5) is 0.270. The number of sulfonamides is 1. The van der Waals surface area contributed by atoms with E-state index in [1.807, 2.05) is 18.2 Å². The van der Waals surface area contributed by atoms with Crippen molar-refractivity contribution >= 4 is 26.0 Å². The van der Waals surface area contributed by atoms with Gasteiger partial charge in [-0.25, -0.2) is 12.7 Å². The predicted molar refractivity (Wildman–Crippen MR) is 97.2 cm³/mol. The maximum Gasteiger partial charge on any atom is 0.242 e. The van der Waals surface area contributed by atoms with E-state index in [9.17, 15) is 8.42 Å². The Morgan fingerprint density at radius 3 is 2.38 bits per heavy atom. The number of nitrogens with zero attached hydrogens (tertiary/aromatic N) is 1. The third kappa shape index (κ3) is 4.28. The maximum atomic E-state index is 12.6. The molecule has 5 nitrogen and oxygen atoms in total. The van der Waals surface area contributed by atoms with E-state index < -0.39 is 10.0 Å². The van der Waals surface area contributed by atoms with E-state index >= 15 is 0 Å². The molecule has 0 N–H and O–H groups in total. The van der Waals surface area contributed by atoms with Gasteiger partial charge in [0.05, 0.1) is 19.1 Å². The largest absolute Gasteiger partial charge is 0.493 e. The van der Waals surface area contributed by atoms with Crippen LogP contribution in [0, 0.1) is 0 Å². The highest BCUT2D eigenvalue weighted by atomic mass is 79.9. The van der Waals surface area contributed by atoms with Crippen molar-refractivity contribution in [2.24, 2.45) is 0 Å². The van der Waals surface area contributed by atoms with Crippen molar-refractivity contribution in [2.45, 2.75) is 11.3 Å². The fraction of sp³-hybridized carbons (Fsp3) is 0.294. The van der Waals surface area contributed by atoms with Gasteiger partial charge in [0.25, 0.3) is 0 Å². The second kappa shape index (κ2) is 8.00. The molecular formula is C17H20BrNO4S. The molecule has 0 saturated heterocycles. The van der Waals surface area contributed by atoms with E-state index in [1.165, 1.54) is 4.31 Å². The van der Waals surface area contributed by atoms with Crippen molar-refractivity contribution in [3.63, 3.8) is 0 Å². The quantitative estimate of drug-likeness (QED) is 0.698. The highest BCUT2D eigenvalue weighted by Gasteiger charge is 2.20. The first-order valence-corrected chi connectivity index (χ1v) is 9.54. The van der Waals surface area contributed by atoms with E-state index in [-0.39, 0.29) is 4.90 Å². The van der Waals surface area contributed by atoms with Crippen LogP contribution in [0.3, 0.4) is 0 Å². The van der Waals surface area contributed by atoms with Crippen molar-refractivity contribution in [1.82, 2.24) is 4.31 Å². The van der Waals surface area contributed by atoms with Crippen molar-refractivity contribution in [1.29, 1.82) is 0 Å². The Bertz CT molecular complexity index is 808. The molecule has 0 aliphatic carbocycles. The van der Waals surface area contributed by atoms with Gasteiger partial charge < -0.3 is 9.47 Å². The molecule has 2 rings (SSSR count).